The summed E-state index contributed by atoms with van der Waals surface area (Å²) < 4.78 is 10.6. The lowest BCUT2D eigenvalue weighted by Gasteiger charge is -2.24. The minimum atomic E-state index is -0.441. The molecule has 5 heteroatoms. The minimum Gasteiger partial charge on any atom is -0.462 e. The fourth-order valence-corrected chi connectivity index (χ4v) is 2.77. The molecule has 1 aliphatic rings. The van der Waals surface area contributed by atoms with Gasteiger partial charge in [0.1, 0.15) is 6.10 Å². The second-order valence-electron chi connectivity index (χ2n) is 5.69. The Balaban J connectivity index is 1.89. The first kappa shape index (κ1) is 17.3. The van der Waals surface area contributed by atoms with Gasteiger partial charge in [0.05, 0.1) is 13.0 Å². The van der Waals surface area contributed by atoms with Crippen molar-refractivity contribution >= 4 is 17.7 Å². The predicted molar refractivity (Wildman–Crippen MR) is 88.4 cm³/mol. The maximum Gasteiger partial charge on any atom is 0.414 e. The zero-order valence-electron chi connectivity index (χ0n) is 13.7. The molecule has 1 aliphatic carbocycles. The summed E-state index contributed by atoms with van der Waals surface area (Å²) in [7, 11) is 0. The molecule has 126 valence electrons. The first-order valence-electron chi connectivity index (χ1n) is 8.39. The second-order valence-corrected chi connectivity index (χ2v) is 5.69. The molecule has 1 fully saturated rings. The van der Waals surface area contributed by atoms with E-state index >= 15 is 0 Å². The summed E-state index contributed by atoms with van der Waals surface area (Å²) in [6.07, 6.45) is 5.14. The number of esters is 1. The van der Waals surface area contributed by atoms with Gasteiger partial charge in [0.2, 0.25) is 0 Å². The highest BCUT2D eigenvalue weighted by Gasteiger charge is 2.21. The maximum atomic E-state index is 12.1. The summed E-state index contributed by atoms with van der Waals surface area (Å²) in [4.78, 5) is 25.6. The van der Waals surface area contributed by atoms with Gasteiger partial charge in [0, 0.05) is 12.2 Å². The van der Waals surface area contributed by atoms with Crippen LogP contribution in [-0.4, -0.2) is 31.3 Å². The number of ether oxygens (including phenoxy) is 2. The van der Waals surface area contributed by atoms with Gasteiger partial charge in [-0.2, -0.15) is 0 Å². The van der Waals surface area contributed by atoms with Crippen LogP contribution in [0.5, 0.6) is 0 Å². The molecule has 1 aromatic rings. The molecule has 0 N–H and O–H groups in total. The highest BCUT2D eigenvalue weighted by molar-refractivity contribution is 5.88. The van der Waals surface area contributed by atoms with Gasteiger partial charge >= 0.3 is 12.1 Å². The number of hydrogen-bond acceptors (Lipinski definition) is 4. The van der Waals surface area contributed by atoms with Gasteiger partial charge in [-0.25, -0.2) is 4.79 Å². The molecule has 23 heavy (non-hydrogen) atoms. The van der Waals surface area contributed by atoms with E-state index < -0.39 is 6.09 Å². The lowest BCUT2D eigenvalue weighted by molar-refractivity contribution is -0.150. The molecule has 0 atom stereocenters. The van der Waals surface area contributed by atoms with E-state index in [0.717, 1.165) is 31.4 Å². The van der Waals surface area contributed by atoms with Crippen LogP contribution in [0.25, 0.3) is 0 Å². The zero-order chi connectivity index (χ0) is 16.5. The third kappa shape index (κ3) is 5.58. The molecule has 1 aromatic carbocycles. The molecule has 2 rings (SSSR count). The summed E-state index contributed by atoms with van der Waals surface area (Å²) in [5.41, 5.74) is 0.719. The average molecular weight is 319 g/mol. The van der Waals surface area contributed by atoms with Gasteiger partial charge in [-0.1, -0.05) is 24.6 Å². The zero-order valence-corrected chi connectivity index (χ0v) is 13.7. The topological polar surface area (TPSA) is 55.8 Å². The molecular formula is C18H25NO4. The standard InChI is InChI=1S/C18H25NO4/c1-2-22-18(21)19(15-9-5-3-6-10-15)14-13-17(20)23-16-11-7-4-8-12-16/h3,5-6,9-10,16H,2,4,7-8,11-14H2,1H3. The number of nitrogens with zero attached hydrogens (tertiary/aromatic N) is 1. The predicted octanol–water partition coefficient (Wildman–Crippen LogP) is 3.92. The van der Waals surface area contributed by atoms with E-state index in [1.165, 1.54) is 11.3 Å². The summed E-state index contributed by atoms with van der Waals surface area (Å²) in [5.74, 6) is -0.248. The molecule has 0 bridgehead atoms. The van der Waals surface area contributed by atoms with E-state index in [4.69, 9.17) is 9.47 Å². The van der Waals surface area contributed by atoms with Crippen LogP contribution in [-0.2, 0) is 14.3 Å². The Morgan fingerprint density at radius 2 is 1.83 bits per heavy atom. The third-order valence-corrected chi connectivity index (χ3v) is 3.95. The van der Waals surface area contributed by atoms with Crippen molar-refractivity contribution in [2.45, 2.75) is 51.6 Å². The summed E-state index contributed by atoms with van der Waals surface area (Å²) in [5, 5.41) is 0. The molecule has 0 aliphatic heterocycles. The van der Waals surface area contributed by atoms with Crippen LogP contribution in [0.4, 0.5) is 10.5 Å². The van der Waals surface area contributed by atoms with Crippen LogP contribution in [0.3, 0.4) is 0 Å². The average Bonchev–Trinajstić information content (AvgIpc) is 2.57. The highest BCUT2D eigenvalue weighted by atomic mass is 16.6. The lowest BCUT2D eigenvalue weighted by atomic mass is 9.98. The first-order chi connectivity index (χ1) is 11.2. The highest BCUT2D eigenvalue weighted by Crippen LogP contribution is 2.21. The van der Waals surface area contributed by atoms with Crippen molar-refractivity contribution in [2.24, 2.45) is 0 Å². The van der Waals surface area contributed by atoms with E-state index in [-0.39, 0.29) is 25.0 Å². The molecule has 0 saturated heterocycles. The Kier molecular flexibility index (Phi) is 6.91. The molecule has 1 amide bonds. The Morgan fingerprint density at radius 1 is 1.13 bits per heavy atom. The Morgan fingerprint density at radius 3 is 2.48 bits per heavy atom. The van der Waals surface area contributed by atoms with Crippen LogP contribution in [0, 0.1) is 0 Å². The molecule has 0 spiro atoms. The minimum absolute atomic E-state index is 0.0454. The second kappa shape index (κ2) is 9.18. The lowest BCUT2D eigenvalue weighted by Crippen LogP contribution is -2.34. The molecule has 0 unspecified atom stereocenters. The number of anilines is 1. The van der Waals surface area contributed by atoms with Crippen LogP contribution < -0.4 is 4.90 Å². The number of amides is 1. The normalized spacial score (nSPS) is 15.0. The quantitative estimate of drug-likeness (QED) is 0.746. The molecule has 0 heterocycles. The molecule has 0 radical (unpaired) electrons. The summed E-state index contributed by atoms with van der Waals surface area (Å²) >= 11 is 0. The van der Waals surface area contributed by atoms with Crippen molar-refractivity contribution in [2.75, 3.05) is 18.1 Å². The molecule has 0 aromatic heterocycles. The number of carbonyl (C=O) groups is 2. The van der Waals surface area contributed by atoms with Crippen molar-refractivity contribution < 1.29 is 19.1 Å². The number of carbonyl (C=O) groups excluding carboxylic acids is 2. The monoisotopic (exact) mass is 319 g/mol. The van der Waals surface area contributed by atoms with Gasteiger partial charge in [0.15, 0.2) is 0 Å². The first-order valence-corrected chi connectivity index (χ1v) is 8.39. The SMILES string of the molecule is CCOC(=O)N(CCC(=O)OC1CCCCC1)c1ccccc1. The van der Waals surface area contributed by atoms with Crippen molar-refractivity contribution in [1.29, 1.82) is 0 Å². The van der Waals surface area contributed by atoms with E-state index in [1.807, 2.05) is 30.3 Å². The number of rotatable bonds is 6. The number of benzene rings is 1. The van der Waals surface area contributed by atoms with Gasteiger partial charge in [-0.3, -0.25) is 9.69 Å². The van der Waals surface area contributed by atoms with E-state index in [9.17, 15) is 9.59 Å². The summed E-state index contributed by atoms with van der Waals surface area (Å²) in [6, 6.07) is 9.22. The fourth-order valence-electron chi connectivity index (χ4n) is 2.77. The number of para-hydroxylation sites is 1. The van der Waals surface area contributed by atoms with E-state index in [2.05, 4.69) is 0 Å². The van der Waals surface area contributed by atoms with Crippen LogP contribution in [0.1, 0.15) is 45.4 Å². The Hall–Kier alpha value is -2.04. The smallest absolute Gasteiger partial charge is 0.414 e. The van der Waals surface area contributed by atoms with E-state index in [1.54, 1.807) is 6.92 Å². The van der Waals surface area contributed by atoms with Crippen LogP contribution >= 0.6 is 0 Å². The van der Waals surface area contributed by atoms with Gasteiger partial charge < -0.3 is 9.47 Å². The largest absolute Gasteiger partial charge is 0.462 e. The van der Waals surface area contributed by atoms with E-state index in [0.29, 0.717) is 6.61 Å². The van der Waals surface area contributed by atoms with Gasteiger partial charge in [-0.05, 0) is 44.7 Å². The van der Waals surface area contributed by atoms with Crippen LogP contribution in [0.2, 0.25) is 0 Å². The molecular weight excluding hydrogens is 294 g/mol. The third-order valence-electron chi connectivity index (χ3n) is 3.95. The maximum absolute atomic E-state index is 12.1. The van der Waals surface area contributed by atoms with Crippen molar-refractivity contribution in [3.05, 3.63) is 30.3 Å². The molecule has 1 saturated carbocycles. The van der Waals surface area contributed by atoms with Gasteiger partial charge in [0.25, 0.3) is 0 Å². The Bertz CT molecular complexity index is 497. The summed E-state index contributed by atoms with van der Waals surface area (Å²) in [6.45, 7) is 2.32. The Labute approximate surface area is 137 Å². The van der Waals surface area contributed by atoms with Crippen LogP contribution in [0.15, 0.2) is 30.3 Å². The van der Waals surface area contributed by atoms with Crippen molar-refractivity contribution in [3.63, 3.8) is 0 Å². The van der Waals surface area contributed by atoms with Crippen molar-refractivity contribution in [1.82, 2.24) is 0 Å². The van der Waals surface area contributed by atoms with Gasteiger partial charge in [-0.15, -0.1) is 0 Å². The number of hydrogen-bond donors (Lipinski definition) is 0. The fraction of sp³-hybridized carbons (Fsp3) is 0.556. The van der Waals surface area contributed by atoms with Crippen molar-refractivity contribution in [3.8, 4) is 0 Å². The molecule has 5 nitrogen and oxygen atoms in total.